The lowest BCUT2D eigenvalue weighted by molar-refractivity contribution is 1.06. The van der Waals surface area contributed by atoms with Gasteiger partial charge in [-0.2, -0.15) is 5.26 Å². The molecule has 0 saturated carbocycles. The van der Waals surface area contributed by atoms with Crippen molar-refractivity contribution in [3.63, 3.8) is 0 Å². The molecule has 0 aliphatic carbocycles. The Morgan fingerprint density at radius 1 is 1.70 bits per heavy atom. The third kappa shape index (κ3) is 1.31. The van der Waals surface area contributed by atoms with E-state index >= 15 is 0 Å². The Morgan fingerprint density at radius 2 is 2.40 bits per heavy atom. The summed E-state index contributed by atoms with van der Waals surface area (Å²) in [7, 11) is 0. The summed E-state index contributed by atoms with van der Waals surface area (Å²) in [5.74, 6) is 0. The van der Waals surface area contributed by atoms with E-state index < -0.39 is 0 Å². The summed E-state index contributed by atoms with van der Waals surface area (Å²) in [6, 6.07) is 1.92. The number of rotatable bonds is 0. The first-order valence-corrected chi connectivity index (χ1v) is 3.42. The second-order valence-electron chi connectivity index (χ2n) is 1.76. The first-order chi connectivity index (χ1) is 4.74. The molecule has 0 aromatic carbocycles. The maximum atomic E-state index is 8.46. The van der Waals surface area contributed by atoms with Gasteiger partial charge in [-0.1, -0.05) is 0 Å². The molecular weight excluding hydrogens is 194 g/mol. The Morgan fingerprint density at radius 3 is 2.90 bits per heavy atom. The van der Waals surface area contributed by atoms with Crippen LogP contribution in [0.2, 0.25) is 0 Å². The van der Waals surface area contributed by atoms with Gasteiger partial charge in [0.25, 0.3) is 0 Å². The van der Waals surface area contributed by atoms with Gasteiger partial charge in [0.15, 0.2) is 5.69 Å². The van der Waals surface area contributed by atoms with Crippen molar-refractivity contribution in [1.82, 2.24) is 9.97 Å². The normalized spacial score (nSPS) is 8.90. The molecule has 0 atom stereocenters. The molecule has 0 fully saturated rings. The molecule has 0 saturated heterocycles. The van der Waals surface area contributed by atoms with Crippen molar-refractivity contribution in [1.29, 1.82) is 5.26 Å². The standard InChI is InChI=1S/C6H4BrN3/c1-4-3-9-6(7)5(2-8)10-4/h3H,1H3. The highest BCUT2D eigenvalue weighted by Gasteiger charge is 1.99. The maximum absolute atomic E-state index is 8.46. The molecule has 0 aliphatic rings. The van der Waals surface area contributed by atoms with Gasteiger partial charge in [0, 0.05) is 6.20 Å². The highest BCUT2D eigenvalue weighted by Crippen LogP contribution is 2.08. The Bertz CT molecular complexity index is 290. The van der Waals surface area contributed by atoms with E-state index in [4.69, 9.17) is 5.26 Å². The van der Waals surface area contributed by atoms with Crippen molar-refractivity contribution in [3.8, 4) is 6.07 Å². The van der Waals surface area contributed by atoms with Crippen molar-refractivity contribution in [2.75, 3.05) is 0 Å². The predicted octanol–water partition coefficient (Wildman–Crippen LogP) is 1.42. The zero-order chi connectivity index (χ0) is 7.56. The smallest absolute Gasteiger partial charge is 0.173 e. The predicted molar refractivity (Wildman–Crippen MR) is 39.2 cm³/mol. The summed E-state index contributed by atoms with van der Waals surface area (Å²) in [4.78, 5) is 7.80. The van der Waals surface area contributed by atoms with Gasteiger partial charge in [0.05, 0.1) is 5.69 Å². The van der Waals surface area contributed by atoms with E-state index in [1.54, 1.807) is 13.1 Å². The summed E-state index contributed by atoms with van der Waals surface area (Å²) in [5, 5.41) is 8.46. The Labute approximate surface area is 66.9 Å². The second kappa shape index (κ2) is 2.76. The highest BCUT2D eigenvalue weighted by atomic mass is 79.9. The summed E-state index contributed by atoms with van der Waals surface area (Å²) in [6.07, 6.45) is 1.60. The molecule has 10 heavy (non-hydrogen) atoms. The van der Waals surface area contributed by atoms with Crippen LogP contribution in [0, 0.1) is 18.3 Å². The van der Waals surface area contributed by atoms with E-state index in [0.717, 1.165) is 5.69 Å². The average Bonchev–Trinajstić information content (AvgIpc) is 1.94. The molecule has 4 heteroatoms. The van der Waals surface area contributed by atoms with Gasteiger partial charge in [-0.25, -0.2) is 9.97 Å². The minimum atomic E-state index is 0.333. The van der Waals surface area contributed by atoms with Crippen LogP contribution in [0.4, 0.5) is 0 Å². The molecule has 0 bridgehead atoms. The number of aromatic nitrogens is 2. The van der Waals surface area contributed by atoms with Crippen LogP contribution < -0.4 is 0 Å². The van der Waals surface area contributed by atoms with Crippen LogP contribution >= 0.6 is 15.9 Å². The molecule has 50 valence electrons. The van der Waals surface area contributed by atoms with Gasteiger partial charge in [0.1, 0.15) is 10.7 Å². The average molecular weight is 198 g/mol. The molecule has 1 aromatic heterocycles. The number of nitrogens with zero attached hydrogens (tertiary/aromatic N) is 3. The largest absolute Gasteiger partial charge is 0.244 e. The Kier molecular flexibility index (Phi) is 1.97. The number of hydrogen-bond donors (Lipinski definition) is 0. The molecule has 0 unspecified atom stereocenters. The monoisotopic (exact) mass is 197 g/mol. The van der Waals surface area contributed by atoms with Crippen molar-refractivity contribution in [2.45, 2.75) is 6.92 Å². The number of halogens is 1. The molecule has 0 radical (unpaired) electrons. The maximum Gasteiger partial charge on any atom is 0.173 e. The van der Waals surface area contributed by atoms with E-state index in [1.165, 1.54) is 0 Å². The molecule has 0 amide bonds. The van der Waals surface area contributed by atoms with Crippen LogP contribution in [0.15, 0.2) is 10.8 Å². The fourth-order valence-corrected chi connectivity index (χ4v) is 0.813. The fourth-order valence-electron chi connectivity index (χ4n) is 0.534. The van der Waals surface area contributed by atoms with Gasteiger partial charge >= 0.3 is 0 Å². The zero-order valence-corrected chi connectivity index (χ0v) is 6.88. The van der Waals surface area contributed by atoms with Gasteiger partial charge in [-0.3, -0.25) is 0 Å². The summed E-state index contributed by atoms with van der Waals surface area (Å²) >= 11 is 3.09. The summed E-state index contributed by atoms with van der Waals surface area (Å²) < 4.78 is 0.501. The number of nitriles is 1. The van der Waals surface area contributed by atoms with Crippen LogP contribution in [0.25, 0.3) is 0 Å². The van der Waals surface area contributed by atoms with Crippen LogP contribution in [-0.4, -0.2) is 9.97 Å². The van der Waals surface area contributed by atoms with Crippen LogP contribution in [0.5, 0.6) is 0 Å². The summed E-state index contributed by atoms with van der Waals surface area (Å²) in [5.41, 5.74) is 1.08. The van der Waals surface area contributed by atoms with Crippen molar-refractivity contribution < 1.29 is 0 Å². The van der Waals surface area contributed by atoms with Crippen molar-refractivity contribution >= 4 is 15.9 Å². The third-order valence-corrected chi connectivity index (χ3v) is 1.53. The Hall–Kier alpha value is -0.950. The molecule has 0 N–H and O–H groups in total. The molecule has 3 nitrogen and oxygen atoms in total. The van der Waals surface area contributed by atoms with E-state index in [2.05, 4.69) is 25.9 Å². The molecular formula is C6H4BrN3. The lowest BCUT2D eigenvalue weighted by atomic mass is 10.4. The van der Waals surface area contributed by atoms with Gasteiger partial charge in [-0.05, 0) is 22.9 Å². The fraction of sp³-hybridized carbons (Fsp3) is 0.167. The minimum Gasteiger partial charge on any atom is -0.244 e. The Balaban J connectivity index is 3.25. The molecule has 0 aliphatic heterocycles. The molecule has 1 aromatic rings. The quantitative estimate of drug-likeness (QED) is 0.633. The van der Waals surface area contributed by atoms with Crippen LogP contribution in [-0.2, 0) is 0 Å². The topological polar surface area (TPSA) is 49.6 Å². The van der Waals surface area contributed by atoms with Crippen LogP contribution in [0.3, 0.4) is 0 Å². The SMILES string of the molecule is Cc1cnc(Br)c(C#N)n1. The molecule has 1 heterocycles. The van der Waals surface area contributed by atoms with Crippen molar-refractivity contribution in [2.24, 2.45) is 0 Å². The minimum absolute atomic E-state index is 0.333. The first-order valence-electron chi connectivity index (χ1n) is 2.63. The zero-order valence-electron chi connectivity index (χ0n) is 5.30. The number of aryl methyl sites for hydroxylation is 1. The second-order valence-corrected chi connectivity index (χ2v) is 2.51. The van der Waals surface area contributed by atoms with E-state index in [0.29, 0.717) is 10.3 Å². The van der Waals surface area contributed by atoms with Gasteiger partial charge in [-0.15, -0.1) is 0 Å². The lowest BCUT2D eigenvalue weighted by Crippen LogP contribution is -1.90. The third-order valence-electron chi connectivity index (χ3n) is 0.954. The van der Waals surface area contributed by atoms with Crippen LogP contribution in [0.1, 0.15) is 11.4 Å². The first kappa shape index (κ1) is 7.16. The molecule has 1 rings (SSSR count). The van der Waals surface area contributed by atoms with Gasteiger partial charge < -0.3 is 0 Å². The van der Waals surface area contributed by atoms with E-state index in [-0.39, 0.29) is 0 Å². The van der Waals surface area contributed by atoms with E-state index in [1.807, 2.05) is 6.07 Å². The van der Waals surface area contributed by atoms with Gasteiger partial charge in [0.2, 0.25) is 0 Å². The highest BCUT2D eigenvalue weighted by molar-refractivity contribution is 9.10. The number of hydrogen-bond acceptors (Lipinski definition) is 3. The lowest BCUT2D eigenvalue weighted by Gasteiger charge is -1.92. The molecule has 0 spiro atoms. The van der Waals surface area contributed by atoms with Crippen molar-refractivity contribution in [3.05, 3.63) is 22.2 Å². The van der Waals surface area contributed by atoms with E-state index in [9.17, 15) is 0 Å². The summed E-state index contributed by atoms with van der Waals surface area (Å²) in [6.45, 7) is 1.79.